The quantitative estimate of drug-likeness (QED) is 0.392. The van der Waals surface area contributed by atoms with Gasteiger partial charge < -0.3 is 11.4 Å². The molecule has 1 unspecified atom stereocenters. The predicted molar refractivity (Wildman–Crippen MR) is 38.6 cm³/mol. The van der Waals surface area contributed by atoms with E-state index >= 15 is 0 Å². The third-order valence-electron chi connectivity index (χ3n) is 1.17. The molecule has 0 aromatic carbocycles. The monoisotopic (exact) mass is 190 g/mol. The SMILES string of the molecule is CCP(=O)(O)CCC(=O)O.[H-].[Na+]. The van der Waals surface area contributed by atoms with E-state index < -0.39 is 13.3 Å². The van der Waals surface area contributed by atoms with Gasteiger partial charge in [-0.15, -0.1) is 0 Å². The molecule has 0 bridgehead atoms. The minimum Gasteiger partial charge on any atom is -1.00 e. The fourth-order valence-corrected chi connectivity index (χ4v) is 1.29. The summed E-state index contributed by atoms with van der Waals surface area (Å²) in [5.74, 6) is -1.03. The second-order valence-corrected chi connectivity index (χ2v) is 4.80. The zero-order valence-electron chi connectivity index (χ0n) is 7.78. The van der Waals surface area contributed by atoms with Crippen LogP contribution in [0, 0.1) is 0 Å². The molecular weight excluding hydrogens is 178 g/mol. The van der Waals surface area contributed by atoms with Gasteiger partial charge in [-0.05, 0) is 0 Å². The molecule has 0 amide bonds. The van der Waals surface area contributed by atoms with E-state index in [2.05, 4.69) is 0 Å². The van der Waals surface area contributed by atoms with Crippen LogP contribution < -0.4 is 29.6 Å². The van der Waals surface area contributed by atoms with Gasteiger partial charge in [0.1, 0.15) is 0 Å². The number of hydrogen-bond acceptors (Lipinski definition) is 2. The molecule has 1 atom stereocenters. The topological polar surface area (TPSA) is 74.6 Å². The van der Waals surface area contributed by atoms with Crippen LogP contribution in [0.15, 0.2) is 0 Å². The molecule has 4 nitrogen and oxygen atoms in total. The first-order valence-electron chi connectivity index (χ1n) is 3.00. The Bertz CT molecular complexity index is 175. The molecule has 0 saturated heterocycles. The number of hydrogen-bond donors (Lipinski definition) is 2. The average molecular weight is 190 g/mol. The van der Waals surface area contributed by atoms with E-state index in [1.807, 2.05) is 0 Å². The third-order valence-corrected chi connectivity index (χ3v) is 3.08. The fourth-order valence-electron chi connectivity index (χ4n) is 0.428. The van der Waals surface area contributed by atoms with Crippen molar-refractivity contribution in [2.24, 2.45) is 0 Å². The Morgan fingerprint density at radius 1 is 1.64 bits per heavy atom. The molecule has 0 aromatic rings. The van der Waals surface area contributed by atoms with Crippen LogP contribution in [0.1, 0.15) is 14.8 Å². The van der Waals surface area contributed by atoms with Gasteiger partial charge in [0, 0.05) is 12.3 Å². The van der Waals surface area contributed by atoms with E-state index in [9.17, 15) is 9.36 Å². The van der Waals surface area contributed by atoms with Gasteiger partial charge in [0.2, 0.25) is 7.37 Å². The van der Waals surface area contributed by atoms with Crippen molar-refractivity contribution in [3.63, 3.8) is 0 Å². The number of carboxylic acid groups (broad SMARTS) is 1. The molecule has 0 rings (SSSR count). The molecule has 0 radical (unpaired) electrons. The van der Waals surface area contributed by atoms with Crippen molar-refractivity contribution < 1.29 is 50.3 Å². The van der Waals surface area contributed by atoms with Crippen molar-refractivity contribution in [2.75, 3.05) is 12.3 Å². The van der Waals surface area contributed by atoms with E-state index in [4.69, 9.17) is 10.00 Å². The predicted octanol–water partition coefficient (Wildman–Crippen LogP) is -2.13. The van der Waals surface area contributed by atoms with Crippen molar-refractivity contribution >= 4 is 13.3 Å². The maximum absolute atomic E-state index is 10.8. The van der Waals surface area contributed by atoms with Crippen LogP contribution >= 0.6 is 7.37 Å². The van der Waals surface area contributed by atoms with Gasteiger partial charge >= 0.3 is 35.5 Å². The van der Waals surface area contributed by atoms with Crippen molar-refractivity contribution in [3.05, 3.63) is 0 Å². The molecule has 0 aromatic heterocycles. The summed E-state index contributed by atoms with van der Waals surface area (Å²) in [5, 5.41) is 8.14. The Hall–Kier alpha value is 0.660. The molecule has 62 valence electrons. The van der Waals surface area contributed by atoms with Gasteiger partial charge in [-0.2, -0.15) is 0 Å². The summed E-state index contributed by atoms with van der Waals surface area (Å²) in [7, 11) is -3.11. The van der Waals surface area contributed by atoms with E-state index in [1.165, 1.54) is 0 Å². The molecule has 11 heavy (non-hydrogen) atoms. The minimum absolute atomic E-state index is 0. The standard InChI is InChI=1S/C5H11O4P.Na.H/c1-2-10(8,9)4-3-5(6)7;;/h2-4H2,1H3,(H,6,7)(H,8,9);;/q;+1;-1. The Morgan fingerprint density at radius 3 is 2.36 bits per heavy atom. The van der Waals surface area contributed by atoms with Crippen LogP contribution in [0.2, 0.25) is 0 Å². The number of aliphatic carboxylic acids is 1. The molecule has 0 saturated carbocycles. The average Bonchev–Trinajstić information content (AvgIpc) is 1.85. The zero-order chi connectivity index (χ0) is 8.20. The summed E-state index contributed by atoms with van der Waals surface area (Å²) in [6.45, 7) is 1.57. The van der Waals surface area contributed by atoms with Crippen molar-refractivity contribution in [3.8, 4) is 0 Å². The van der Waals surface area contributed by atoms with E-state index in [-0.39, 0.29) is 49.7 Å². The van der Waals surface area contributed by atoms with Crippen molar-refractivity contribution in [1.29, 1.82) is 0 Å². The number of rotatable bonds is 4. The van der Waals surface area contributed by atoms with Gasteiger partial charge in [-0.3, -0.25) is 9.36 Å². The normalized spacial score (nSPS) is 14.7. The first-order valence-corrected chi connectivity index (χ1v) is 5.03. The van der Waals surface area contributed by atoms with Crippen molar-refractivity contribution in [1.82, 2.24) is 0 Å². The number of carbonyl (C=O) groups is 1. The summed E-state index contributed by atoms with van der Waals surface area (Å²) in [6, 6.07) is 0. The van der Waals surface area contributed by atoms with Crippen LogP contribution in [0.5, 0.6) is 0 Å². The summed E-state index contributed by atoms with van der Waals surface area (Å²) in [6.07, 6.45) is -0.180. The summed E-state index contributed by atoms with van der Waals surface area (Å²) in [4.78, 5) is 18.8. The Kier molecular flexibility index (Phi) is 8.01. The Morgan fingerprint density at radius 2 is 2.09 bits per heavy atom. The van der Waals surface area contributed by atoms with Gasteiger partial charge in [0.05, 0.1) is 6.42 Å². The van der Waals surface area contributed by atoms with Gasteiger partial charge in [-0.1, -0.05) is 6.92 Å². The van der Waals surface area contributed by atoms with Crippen molar-refractivity contribution in [2.45, 2.75) is 13.3 Å². The minimum atomic E-state index is -3.11. The Labute approximate surface area is 89.2 Å². The van der Waals surface area contributed by atoms with Gasteiger partial charge in [0.15, 0.2) is 0 Å². The fraction of sp³-hybridized carbons (Fsp3) is 0.800. The third kappa shape index (κ3) is 8.57. The molecule has 0 aliphatic heterocycles. The number of carboxylic acids is 1. The summed E-state index contributed by atoms with van der Waals surface area (Å²) < 4.78 is 10.8. The van der Waals surface area contributed by atoms with Crippen LogP contribution in [-0.4, -0.2) is 28.3 Å². The van der Waals surface area contributed by atoms with Crippen LogP contribution in [0.4, 0.5) is 0 Å². The zero-order valence-corrected chi connectivity index (χ0v) is 9.67. The first-order chi connectivity index (χ1) is 4.48. The second kappa shape index (κ2) is 6.21. The molecule has 0 heterocycles. The molecule has 6 heteroatoms. The summed E-state index contributed by atoms with van der Waals surface area (Å²) >= 11 is 0. The largest absolute Gasteiger partial charge is 1.00 e. The molecule has 0 fully saturated rings. The maximum Gasteiger partial charge on any atom is 1.00 e. The molecule has 2 N–H and O–H groups in total. The second-order valence-electron chi connectivity index (χ2n) is 2.03. The molecular formula is C5H12NaO4P. The van der Waals surface area contributed by atoms with Gasteiger partial charge in [0.25, 0.3) is 0 Å². The first kappa shape index (κ1) is 14.2. The maximum atomic E-state index is 10.8. The van der Waals surface area contributed by atoms with E-state index in [1.54, 1.807) is 6.92 Å². The van der Waals surface area contributed by atoms with Crippen LogP contribution in [0.3, 0.4) is 0 Å². The van der Waals surface area contributed by atoms with E-state index in [0.29, 0.717) is 0 Å². The van der Waals surface area contributed by atoms with Crippen LogP contribution in [-0.2, 0) is 9.36 Å². The summed E-state index contributed by atoms with van der Waals surface area (Å²) in [5.41, 5.74) is 0. The molecule has 0 aliphatic carbocycles. The molecule has 0 spiro atoms. The Balaban J connectivity index is -0.000000405. The molecule has 0 aliphatic rings. The smallest absolute Gasteiger partial charge is 1.00 e. The van der Waals surface area contributed by atoms with E-state index in [0.717, 1.165) is 0 Å². The van der Waals surface area contributed by atoms with Gasteiger partial charge in [-0.25, -0.2) is 0 Å². The van der Waals surface area contributed by atoms with Crippen LogP contribution in [0.25, 0.3) is 0 Å².